The molecule has 0 aliphatic carbocycles. The SMILES string of the molecule is Nc1ncc(C(O)C(O)CCO)cc1C(=O)O. The molecule has 2 atom stereocenters. The number of nitrogens with zero attached hydrogens (tertiary/aromatic N) is 1. The Morgan fingerprint density at radius 3 is 2.65 bits per heavy atom. The van der Waals surface area contributed by atoms with E-state index in [1.807, 2.05) is 0 Å². The summed E-state index contributed by atoms with van der Waals surface area (Å²) in [6, 6.07) is 1.15. The number of carboxylic acids is 1. The molecule has 1 rings (SSSR count). The first kappa shape index (κ1) is 13.4. The summed E-state index contributed by atoms with van der Waals surface area (Å²) < 4.78 is 0. The zero-order valence-electron chi connectivity index (χ0n) is 8.95. The smallest absolute Gasteiger partial charge is 0.339 e. The molecule has 0 aromatic carbocycles. The number of rotatable bonds is 5. The van der Waals surface area contributed by atoms with E-state index in [1.165, 1.54) is 6.20 Å². The lowest BCUT2D eigenvalue weighted by atomic mass is 10.0. The zero-order valence-corrected chi connectivity index (χ0v) is 8.95. The molecule has 1 aromatic heterocycles. The van der Waals surface area contributed by atoms with Crippen LogP contribution < -0.4 is 5.73 Å². The van der Waals surface area contributed by atoms with Crippen LogP contribution in [0, 0.1) is 0 Å². The average molecular weight is 242 g/mol. The number of hydrogen-bond acceptors (Lipinski definition) is 6. The number of aromatic nitrogens is 1. The molecule has 0 saturated carbocycles. The van der Waals surface area contributed by atoms with Crippen molar-refractivity contribution in [2.75, 3.05) is 12.3 Å². The topological polar surface area (TPSA) is 137 Å². The quantitative estimate of drug-likeness (QED) is 0.453. The summed E-state index contributed by atoms with van der Waals surface area (Å²) in [7, 11) is 0. The molecule has 0 fully saturated rings. The van der Waals surface area contributed by atoms with Gasteiger partial charge in [-0.25, -0.2) is 9.78 Å². The highest BCUT2D eigenvalue weighted by atomic mass is 16.4. The maximum absolute atomic E-state index is 10.8. The number of carboxylic acid groups (broad SMARTS) is 1. The van der Waals surface area contributed by atoms with Crippen molar-refractivity contribution in [2.45, 2.75) is 18.6 Å². The van der Waals surface area contributed by atoms with Crippen molar-refractivity contribution in [3.63, 3.8) is 0 Å². The van der Waals surface area contributed by atoms with Crippen LogP contribution in [0.5, 0.6) is 0 Å². The Kier molecular flexibility index (Phi) is 4.38. The summed E-state index contributed by atoms with van der Waals surface area (Å²) in [6.45, 7) is -0.285. The maximum atomic E-state index is 10.8. The minimum atomic E-state index is -1.31. The van der Waals surface area contributed by atoms with Gasteiger partial charge in [0, 0.05) is 18.4 Å². The van der Waals surface area contributed by atoms with Crippen LogP contribution >= 0.6 is 0 Å². The van der Waals surface area contributed by atoms with Gasteiger partial charge in [0.25, 0.3) is 0 Å². The second-order valence-corrected chi connectivity index (χ2v) is 3.53. The molecule has 0 spiro atoms. The molecule has 6 N–H and O–H groups in total. The van der Waals surface area contributed by atoms with Gasteiger partial charge in [0.15, 0.2) is 0 Å². The van der Waals surface area contributed by atoms with Gasteiger partial charge in [-0.15, -0.1) is 0 Å². The van der Waals surface area contributed by atoms with Crippen LogP contribution in [0.1, 0.15) is 28.4 Å². The third-order valence-electron chi connectivity index (χ3n) is 2.30. The van der Waals surface area contributed by atoms with Crippen molar-refractivity contribution in [2.24, 2.45) is 0 Å². The second-order valence-electron chi connectivity index (χ2n) is 3.53. The lowest BCUT2D eigenvalue weighted by Crippen LogP contribution is -2.20. The molecule has 17 heavy (non-hydrogen) atoms. The van der Waals surface area contributed by atoms with Crippen LogP contribution in [-0.4, -0.2) is 44.1 Å². The normalized spacial score (nSPS) is 14.3. The molecule has 94 valence electrons. The summed E-state index contributed by atoms with van der Waals surface area (Å²) in [6.07, 6.45) is -1.33. The van der Waals surface area contributed by atoms with Crippen LogP contribution in [0.4, 0.5) is 5.82 Å². The van der Waals surface area contributed by atoms with Gasteiger partial charge >= 0.3 is 5.97 Å². The number of aliphatic hydroxyl groups is 3. The van der Waals surface area contributed by atoms with Gasteiger partial charge in [0.05, 0.1) is 6.10 Å². The van der Waals surface area contributed by atoms with Crippen molar-refractivity contribution in [3.8, 4) is 0 Å². The van der Waals surface area contributed by atoms with Crippen LogP contribution in [0.15, 0.2) is 12.3 Å². The van der Waals surface area contributed by atoms with Crippen LogP contribution in [0.25, 0.3) is 0 Å². The van der Waals surface area contributed by atoms with E-state index in [0.29, 0.717) is 0 Å². The molecule has 7 heteroatoms. The fraction of sp³-hybridized carbons (Fsp3) is 0.400. The summed E-state index contributed by atoms with van der Waals surface area (Å²) >= 11 is 0. The van der Waals surface area contributed by atoms with E-state index < -0.39 is 18.2 Å². The molecule has 2 unspecified atom stereocenters. The van der Waals surface area contributed by atoms with Crippen molar-refractivity contribution in [1.29, 1.82) is 0 Å². The number of pyridine rings is 1. The molecular formula is C10H14N2O5. The Morgan fingerprint density at radius 1 is 1.47 bits per heavy atom. The minimum absolute atomic E-state index is 0.0199. The molecule has 0 bridgehead atoms. The molecular weight excluding hydrogens is 228 g/mol. The first-order chi connectivity index (χ1) is 7.97. The molecule has 0 amide bonds. The Hall–Kier alpha value is -1.70. The van der Waals surface area contributed by atoms with Crippen molar-refractivity contribution in [1.82, 2.24) is 4.98 Å². The zero-order chi connectivity index (χ0) is 13.0. The van der Waals surface area contributed by atoms with E-state index in [9.17, 15) is 15.0 Å². The molecule has 0 aliphatic heterocycles. The van der Waals surface area contributed by atoms with Crippen LogP contribution in [0.2, 0.25) is 0 Å². The fourth-order valence-corrected chi connectivity index (χ4v) is 1.34. The fourth-order valence-electron chi connectivity index (χ4n) is 1.34. The Morgan fingerprint density at radius 2 is 2.12 bits per heavy atom. The maximum Gasteiger partial charge on any atom is 0.339 e. The Bertz CT molecular complexity index is 410. The van der Waals surface area contributed by atoms with Gasteiger partial charge in [-0.05, 0) is 12.5 Å². The van der Waals surface area contributed by atoms with E-state index in [2.05, 4.69) is 4.98 Å². The second kappa shape index (κ2) is 5.58. The number of aromatic carboxylic acids is 1. The molecule has 7 nitrogen and oxygen atoms in total. The van der Waals surface area contributed by atoms with E-state index >= 15 is 0 Å². The van der Waals surface area contributed by atoms with E-state index in [1.54, 1.807) is 0 Å². The number of hydrogen-bond donors (Lipinski definition) is 5. The highest BCUT2D eigenvalue weighted by molar-refractivity contribution is 5.92. The van der Waals surface area contributed by atoms with Gasteiger partial charge in [0.2, 0.25) is 0 Å². The van der Waals surface area contributed by atoms with Gasteiger partial charge < -0.3 is 26.2 Å². The lowest BCUT2D eigenvalue weighted by molar-refractivity contribution is 0.00398. The van der Waals surface area contributed by atoms with E-state index in [-0.39, 0.29) is 30.0 Å². The molecule has 0 aliphatic rings. The van der Waals surface area contributed by atoms with Gasteiger partial charge in [-0.3, -0.25) is 0 Å². The van der Waals surface area contributed by atoms with E-state index in [0.717, 1.165) is 6.07 Å². The average Bonchev–Trinajstić information content (AvgIpc) is 2.28. The third-order valence-corrected chi connectivity index (χ3v) is 2.30. The molecule has 0 radical (unpaired) electrons. The summed E-state index contributed by atoms with van der Waals surface area (Å²) in [5, 5.41) is 36.6. The van der Waals surface area contributed by atoms with Gasteiger partial charge in [-0.1, -0.05) is 0 Å². The molecule has 0 saturated heterocycles. The predicted molar refractivity (Wildman–Crippen MR) is 58.3 cm³/mol. The Balaban J connectivity index is 2.99. The number of anilines is 1. The van der Waals surface area contributed by atoms with Gasteiger partial charge in [0.1, 0.15) is 17.5 Å². The molecule has 1 heterocycles. The van der Waals surface area contributed by atoms with Gasteiger partial charge in [-0.2, -0.15) is 0 Å². The molecule has 1 aromatic rings. The standard InChI is InChI=1S/C10H14N2O5/c11-9-6(10(16)17)3-5(4-12-9)8(15)7(14)1-2-13/h3-4,7-8,13-15H,1-2H2,(H2,11,12)(H,16,17). The number of carbonyl (C=O) groups is 1. The van der Waals surface area contributed by atoms with E-state index in [4.69, 9.17) is 15.9 Å². The first-order valence-corrected chi connectivity index (χ1v) is 4.93. The highest BCUT2D eigenvalue weighted by Gasteiger charge is 2.20. The summed E-state index contributed by atoms with van der Waals surface area (Å²) in [5.74, 6) is -1.43. The number of aliphatic hydroxyl groups excluding tert-OH is 3. The largest absolute Gasteiger partial charge is 0.478 e. The Labute approximate surface area is 97.2 Å². The van der Waals surface area contributed by atoms with Crippen LogP contribution in [-0.2, 0) is 0 Å². The van der Waals surface area contributed by atoms with Crippen LogP contribution in [0.3, 0.4) is 0 Å². The number of nitrogen functional groups attached to an aromatic ring is 1. The van der Waals surface area contributed by atoms with Crippen molar-refractivity contribution in [3.05, 3.63) is 23.4 Å². The number of nitrogens with two attached hydrogens (primary N) is 1. The van der Waals surface area contributed by atoms with Crippen molar-refractivity contribution < 1.29 is 25.2 Å². The first-order valence-electron chi connectivity index (χ1n) is 4.93. The minimum Gasteiger partial charge on any atom is -0.478 e. The highest BCUT2D eigenvalue weighted by Crippen LogP contribution is 2.21. The monoisotopic (exact) mass is 242 g/mol. The predicted octanol–water partition coefficient (Wildman–Crippen LogP) is -0.861. The summed E-state index contributed by atoms with van der Waals surface area (Å²) in [5.41, 5.74) is 5.25. The third kappa shape index (κ3) is 3.13. The lowest BCUT2D eigenvalue weighted by Gasteiger charge is -2.17. The summed E-state index contributed by atoms with van der Waals surface area (Å²) in [4.78, 5) is 14.4. The van der Waals surface area contributed by atoms with Crippen molar-refractivity contribution >= 4 is 11.8 Å².